The highest BCUT2D eigenvalue weighted by Crippen LogP contribution is 2.34. The number of hydrogen-bond acceptors (Lipinski definition) is 3. The van der Waals surface area contributed by atoms with E-state index < -0.39 is 34.7 Å². The van der Waals surface area contributed by atoms with Gasteiger partial charge in [0.15, 0.2) is 4.90 Å². The van der Waals surface area contributed by atoms with Crippen LogP contribution in [0.5, 0.6) is 0 Å². The van der Waals surface area contributed by atoms with Gasteiger partial charge in [0.25, 0.3) is 0 Å². The van der Waals surface area contributed by atoms with Gasteiger partial charge in [0, 0.05) is 18.0 Å². The van der Waals surface area contributed by atoms with Gasteiger partial charge in [-0.3, -0.25) is 0 Å². The molecule has 0 spiro atoms. The van der Waals surface area contributed by atoms with E-state index in [-0.39, 0.29) is 22.8 Å². The van der Waals surface area contributed by atoms with E-state index in [1.165, 1.54) is 35.0 Å². The maximum Gasteiger partial charge on any atom is 0.416 e. The minimum Gasteiger partial charge on any atom is -0.611 e. The molecule has 0 aliphatic carbocycles. The molecule has 1 unspecified atom stereocenters. The minimum absolute atomic E-state index is 0.0230. The van der Waals surface area contributed by atoms with Crippen LogP contribution in [0, 0.1) is 0 Å². The molecule has 3 aromatic heterocycles. The number of aromatic nitrogens is 3. The minimum atomic E-state index is -4.54. The zero-order valence-electron chi connectivity index (χ0n) is 16.9. The fourth-order valence-corrected chi connectivity index (χ4v) is 4.13. The van der Waals surface area contributed by atoms with E-state index in [1.807, 2.05) is 0 Å². The summed E-state index contributed by atoms with van der Waals surface area (Å²) < 4.78 is 91.7. The molecule has 3 heterocycles. The number of alkyl halides is 6. The molecule has 0 saturated carbocycles. The van der Waals surface area contributed by atoms with Crippen molar-refractivity contribution < 1.29 is 30.9 Å². The standard InChI is InChI=1S/C22H15F6N3OS/c1-2-33(32)18-8-7-16(13-3-5-14(6-4-13)21(23,24)25)30-20(18)17-12-31-10-9-15(22(26,27)28)11-19(31)29-17/h3-12H,2H2,1H3. The summed E-state index contributed by atoms with van der Waals surface area (Å²) in [6.07, 6.45) is -6.34. The molecular weight excluding hydrogens is 468 g/mol. The number of hydrogen-bond donors (Lipinski definition) is 0. The topological polar surface area (TPSA) is 53.2 Å². The number of halogens is 6. The Bertz CT molecular complexity index is 1300. The van der Waals surface area contributed by atoms with Crippen molar-refractivity contribution >= 4 is 16.8 Å². The van der Waals surface area contributed by atoms with Crippen LogP contribution in [0.2, 0.25) is 0 Å². The molecule has 4 aromatic rings. The summed E-state index contributed by atoms with van der Waals surface area (Å²) >= 11 is -1.46. The molecule has 33 heavy (non-hydrogen) atoms. The number of fused-ring (bicyclic) bond motifs is 1. The third kappa shape index (κ3) is 4.69. The zero-order chi connectivity index (χ0) is 24.0. The maximum absolute atomic E-state index is 13.0. The highest BCUT2D eigenvalue weighted by molar-refractivity contribution is 7.91. The van der Waals surface area contributed by atoms with Gasteiger partial charge in [-0.1, -0.05) is 12.1 Å². The number of rotatable bonds is 4. The van der Waals surface area contributed by atoms with Crippen LogP contribution < -0.4 is 0 Å². The second kappa shape index (κ2) is 8.38. The Morgan fingerprint density at radius 3 is 2.12 bits per heavy atom. The summed E-state index contributed by atoms with van der Waals surface area (Å²) in [6.45, 7) is 1.70. The van der Waals surface area contributed by atoms with E-state index in [2.05, 4.69) is 9.97 Å². The smallest absolute Gasteiger partial charge is 0.416 e. The molecule has 4 nitrogen and oxygen atoms in total. The van der Waals surface area contributed by atoms with E-state index >= 15 is 0 Å². The van der Waals surface area contributed by atoms with E-state index in [1.54, 1.807) is 13.0 Å². The summed E-state index contributed by atoms with van der Waals surface area (Å²) in [7, 11) is 0. The fraction of sp³-hybridized carbons (Fsp3) is 0.182. The van der Waals surface area contributed by atoms with Crippen LogP contribution in [0.3, 0.4) is 0 Å². The van der Waals surface area contributed by atoms with Crippen LogP contribution in [0.4, 0.5) is 26.3 Å². The van der Waals surface area contributed by atoms with Crippen molar-refractivity contribution in [1.82, 2.24) is 14.4 Å². The summed E-state index contributed by atoms with van der Waals surface area (Å²) in [5, 5.41) is 0. The fourth-order valence-electron chi connectivity index (χ4n) is 3.23. The Morgan fingerprint density at radius 1 is 0.848 bits per heavy atom. The average molecular weight is 483 g/mol. The molecule has 1 aromatic carbocycles. The molecule has 0 radical (unpaired) electrons. The van der Waals surface area contributed by atoms with Crippen molar-refractivity contribution in [2.45, 2.75) is 24.2 Å². The van der Waals surface area contributed by atoms with Crippen LogP contribution in [-0.4, -0.2) is 24.7 Å². The first-order valence-electron chi connectivity index (χ1n) is 9.60. The monoisotopic (exact) mass is 483 g/mol. The number of pyridine rings is 2. The first-order valence-corrected chi connectivity index (χ1v) is 10.9. The van der Waals surface area contributed by atoms with Gasteiger partial charge in [-0.15, -0.1) is 0 Å². The summed E-state index contributed by atoms with van der Waals surface area (Å²) in [6, 6.07) is 9.27. The lowest BCUT2D eigenvalue weighted by Crippen LogP contribution is -2.07. The lowest BCUT2D eigenvalue weighted by molar-refractivity contribution is -0.138. The number of imidazole rings is 1. The van der Waals surface area contributed by atoms with Gasteiger partial charge in [0.1, 0.15) is 22.8 Å². The van der Waals surface area contributed by atoms with Gasteiger partial charge in [-0.25, -0.2) is 9.97 Å². The molecule has 4 rings (SSSR count). The number of nitrogens with zero attached hydrogens (tertiary/aromatic N) is 3. The normalized spacial score (nSPS) is 13.5. The van der Waals surface area contributed by atoms with Gasteiger partial charge in [0.05, 0.1) is 16.8 Å². The Morgan fingerprint density at radius 2 is 1.52 bits per heavy atom. The predicted octanol–water partition coefficient (Wildman–Crippen LogP) is 6.23. The summed E-state index contributed by atoms with van der Waals surface area (Å²) in [5.74, 6) is 0.264. The molecule has 0 aliphatic rings. The van der Waals surface area contributed by atoms with Crippen LogP contribution in [0.1, 0.15) is 18.1 Å². The molecule has 0 saturated heterocycles. The van der Waals surface area contributed by atoms with Crippen molar-refractivity contribution in [2.24, 2.45) is 0 Å². The largest absolute Gasteiger partial charge is 0.611 e. The van der Waals surface area contributed by atoms with Gasteiger partial charge < -0.3 is 8.95 Å². The molecule has 0 bridgehead atoms. The second-order valence-corrected chi connectivity index (χ2v) is 8.77. The number of benzene rings is 1. The zero-order valence-corrected chi connectivity index (χ0v) is 17.7. The van der Waals surface area contributed by atoms with Crippen LogP contribution in [0.25, 0.3) is 28.3 Å². The Hall–Kier alpha value is -3.05. The third-order valence-corrected chi connectivity index (χ3v) is 6.25. The van der Waals surface area contributed by atoms with Crippen LogP contribution in [-0.2, 0) is 23.5 Å². The average Bonchev–Trinajstić information content (AvgIpc) is 3.20. The lowest BCUT2D eigenvalue weighted by Gasteiger charge is -2.13. The van der Waals surface area contributed by atoms with Crippen LogP contribution in [0.15, 0.2) is 65.8 Å². The summed E-state index contributed by atoms with van der Waals surface area (Å²) in [4.78, 5) is 9.03. The summed E-state index contributed by atoms with van der Waals surface area (Å²) in [5.41, 5.74) is -0.573. The Balaban J connectivity index is 1.82. The highest BCUT2D eigenvalue weighted by atomic mass is 32.2. The van der Waals surface area contributed by atoms with Crippen molar-refractivity contribution in [3.63, 3.8) is 0 Å². The lowest BCUT2D eigenvalue weighted by atomic mass is 10.1. The molecule has 1 atom stereocenters. The van der Waals surface area contributed by atoms with Gasteiger partial charge in [-0.2, -0.15) is 26.3 Å². The predicted molar refractivity (Wildman–Crippen MR) is 111 cm³/mol. The SMILES string of the molecule is CC[S+]([O-])c1ccc(-c2ccc(C(F)(F)F)cc2)nc1-c1cn2ccc(C(F)(F)F)cc2n1. The van der Waals surface area contributed by atoms with Crippen LogP contribution >= 0.6 is 0 Å². The van der Waals surface area contributed by atoms with E-state index in [4.69, 9.17) is 0 Å². The first kappa shape index (κ1) is 23.1. The van der Waals surface area contributed by atoms with Crippen molar-refractivity contribution in [3.05, 3.63) is 72.1 Å². The molecule has 0 fully saturated rings. The maximum atomic E-state index is 13.0. The van der Waals surface area contributed by atoms with E-state index in [0.717, 1.165) is 24.3 Å². The molecule has 0 N–H and O–H groups in total. The Kier molecular flexibility index (Phi) is 5.87. The van der Waals surface area contributed by atoms with Crippen molar-refractivity contribution in [3.8, 4) is 22.6 Å². The quantitative estimate of drug-likeness (QED) is 0.256. The third-order valence-electron chi connectivity index (χ3n) is 4.90. The van der Waals surface area contributed by atoms with Gasteiger partial charge in [0.2, 0.25) is 0 Å². The van der Waals surface area contributed by atoms with Crippen molar-refractivity contribution in [2.75, 3.05) is 5.75 Å². The van der Waals surface area contributed by atoms with E-state index in [0.29, 0.717) is 16.2 Å². The van der Waals surface area contributed by atoms with Crippen molar-refractivity contribution in [1.29, 1.82) is 0 Å². The first-order chi connectivity index (χ1) is 15.5. The molecule has 172 valence electrons. The second-order valence-electron chi connectivity index (χ2n) is 7.06. The molecule has 11 heteroatoms. The van der Waals surface area contributed by atoms with Gasteiger partial charge in [-0.05, 0) is 54.5 Å². The molecular formula is C22H15F6N3OS. The van der Waals surface area contributed by atoms with E-state index in [9.17, 15) is 30.9 Å². The molecule has 0 aliphatic heterocycles. The van der Waals surface area contributed by atoms with Gasteiger partial charge >= 0.3 is 12.4 Å². The molecule has 0 amide bonds. The highest BCUT2D eigenvalue weighted by Gasteiger charge is 2.31. The Labute approximate surface area is 187 Å².